The minimum atomic E-state index is 0.523. The minimum Gasteiger partial charge on any atom is -0.309 e. The monoisotopic (exact) mass is 635 g/mol. The summed E-state index contributed by atoms with van der Waals surface area (Å²) in [6.07, 6.45) is 0. The van der Waals surface area contributed by atoms with Gasteiger partial charge >= 0.3 is 0 Å². The van der Waals surface area contributed by atoms with E-state index in [0.717, 1.165) is 77.2 Å². The summed E-state index contributed by atoms with van der Waals surface area (Å²) < 4.78 is 4.41. The van der Waals surface area contributed by atoms with Crippen LogP contribution in [0.3, 0.4) is 0 Å². The summed E-state index contributed by atoms with van der Waals surface area (Å²) in [7, 11) is 0. The highest BCUT2D eigenvalue weighted by Gasteiger charge is 2.20. The molecule has 5 nitrogen and oxygen atoms in total. The van der Waals surface area contributed by atoms with Crippen LogP contribution in [0.4, 0.5) is 5.69 Å². The van der Waals surface area contributed by atoms with Crippen LogP contribution in [-0.4, -0.2) is 9.13 Å². The highest BCUT2D eigenvalue weighted by atomic mass is 15.0. The second-order valence-corrected chi connectivity index (χ2v) is 12.3. The third-order valence-electron chi connectivity index (χ3n) is 9.60. The van der Waals surface area contributed by atoms with Crippen LogP contribution in [0, 0.1) is 29.2 Å². The largest absolute Gasteiger partial charge is 0.309 e. The van der Waals surface area contributed by atoms with Crippen LogP contribution in [0.2, 0.25) is 0 Å². The Kier molecular flexibility index (Phi) is 6.56. The lowest BCUT2D eigenvalue weighted by molar-refractivity contribution is 1.18. The number of fused-ring (bicyclic) bond motifs is 6. The van der Waals surface area contributed by atoms with Crippen LogP contribution >= 0.6 is 0 Å². The summed E-state index contributed by atoms with van der Waals surface area (Å²) in [5.74, 6) is 0. The van der Waals surface area contributed by atoms with Crippen LogP contribution in [-0.2, 0) is 0 Å². The van der Waals surface area contributed by atoms with E-state index in [0.29, 0.717) is 16.8 Å². The normalized spacial score (nSPS) is 11.1. The molecule has 0 atom stereocenters. The molecule has 7 aromatic carbocycles. The predicted molar refractivity (Wildman–Crippen MR) is 202 cm³/mol. The molecule has 230 valence electrons. The smallest absolute Gasteiger partial charge is 0.189 e. The molecule has 50 heavy (non-hydrogen) atoms. The number of nitriles is 2. The molecule has 0 saturated carbocycles. The Balaban J connectivity index is 1.29. The van der Waals surface area contributed by atoms with Gasteiger partial charge in [-0.3, -0.25) is 0 Å². The molecule has 0 saturated heterocycles. The molecule has 5 heteroatoms. The molecule has 2 aromatic heterocycles. The van der Waals surface area contributed by atoms with E-state index < -0.39 is 0 Å². The second-order valence-electron chi connectivity index (χ2n) is 12.3. The number of nitrogens with zero attached hydrogens (tertiary/aromatic N) is 5. The van der Waals surface area contributed by atoms with Crippen molar-refractivity contribution in [3.63, 3.8) is 0 Å². The Morgan fingerprint density at radius 2 is 1.18 bits per heavy atom. The van der Waals surface area contributed by atoms with Crippen LogP contribution in [0.1, 0.15) is 11.1 Å². The molecule has 0 fully saturated rings. The van der Waals surface area contributed by atoms with E-state index in [2.05, 4.69) is 98.9 Å². The summed E-state index contributed by atoms with van der Waals surface area (Å²) in [6, 6.07) is 55.6. The first-order valence-corrected chi connectivity index (χ1v) is 16.3. The quantitative estimate of drug-likeness (QED) is 0.181. The lowest BCUT2D eigenvalue weighted by atomic mass is 9.93. The molecule has 0 spiro atoms. The summed E-state index contributed by atoms with van der Waals surface area (Å²) >= 11 is 0. The zero-order chi connectivity index (χ0) is 33.8. The maximum absolute atomic E-state index is 10.2. The number of benzene rings is 7. The third kappa shape index (κ3) is 4.31. The fraction of sp³-hybridized carbons (Fsp3) is 0. The van der Waals surface area contributed by atoms with Gasteiger partial charge in [-0.2, -0.15) is 10.5 Å². The van der Waals surface area contributed by atoms with Gasteiger partial charge in [-0.1, -0.05) is 97.1 Å². The van der Waals surface area contributed by atoms with Crippen LogP contribution in [0.25, 0.3) is 82.1 Å². The van der Waals surface area contributed by atoms with Crippen molar-refractivity contribution in [1.29, 1.82) is 10.5 Å². The van der Waals surface area contributed by atoms with E-state index >= 15 is 0 Å². The molecule has 0 N–H and O–H groups in total. The van der Waals surface area contributed by atoms with Gasteiger partial charge in [0.25, 0.3) is 0 Å². The molecule has 0 bridgehead atoms. The fourth-order valence-electron chi connectivity index (χ4n) is 7.46. The topological polar surface area (TPSA) is 61.8 Å². The lowest BCUT2D eigenvalue weighted by Crippen LogP contribution is -2.00. The van der Waals surface area contributed by atoms with Gasteiger partial charge in [-0.05, 0) is 71.3 Å². The predicted octanol–water partition coefficient (Wildman–Crippen LogP) is 11.5. The van der Waals surface area contributed by atoms with Crippen LogP contribution < -0.4 is 0 Å². The standard InChI is InChI=1S/C45H25N5/c1-48-32-21-22-38(44(26-32)50-42-19-7-4-15-36(42)39-17-9-11-31(28-47)45(39)50)35-14-3-2-13-34(35)30-10-8-12-33(25-30)49-41-18-6-5-16-37(41)40-24-29(27-46)20-23-43(40)49/h2-26H. The Hall–Kier alpha value is -7.39. The van der Waals surface area contributed by atoms with Crippen LogP contribution in [0.5, 0.6) is 0 Å². The van der Waals surface area contributed by atoms with E-state index in [1.165, 1.54) is 0 Å². The molecule has 0 aliphatic heterocycles. The van der Waals surface area contributed by atoms with Gasteiger partial charge in [0.05, 0.1) is 45.8 Å². The SMILES string of the molecule is [C-]#[N+]c1ccc(-c2ccccc2-c2cccc(-n3c4ccccc4c4cc(C#N)ccc43)c2)c(-n2c3ccccc3c3cccc(C#N)c32)c1. The summed E-state index contributed by atoms with van der Waals surface area (Å²) in [6.45, 7) is 7.90. The maximum Gasteiger partial charge on any atom is 0.189 e. The van der Waals surface area contributed by atoms with Crippen molar-refractivity contribution in [3.8, 4) is 45.8 Å². The molecule has 2 heterocycles. The van der Waals surface area contributed by atoms with E-state index in [1.807, 2.05) is 78.9 Å². The first kappa shape index (κ1) is 28.8. The molecule has 9 aromatic rings. The molecule has 0 unspecified atom stereocenters. The van der Waals surface area contributed by atoms with Crippen molar-refractivity contribution in [2.24, 2.45) is 0 Å². The molecule has 0 aliphatic carbocycles. The van der Waals surface area contributed by atoms with Crippen molar-refractivity contribution >= 4 is 49.3 Å². The third-order valence-corrected chi connectivity index (χ3v) is 9.60. The van der Waals surface area contributed by atoms with E-state index in [1.54, 1.807) is 0 Å². The Labute approximate surface area is 288 Å². The lowest BCUT2D eigenvalue weighted by Gasteiger charge is -2.18. The van der Waals surface area contributed by atoms with Gasteiger partial charge in [-0.15, -0.1) is 0 Å². The number of hydrogen-bond donors (Lipinski definition) is 0. The summed E-state index contributed by atoms with van der Waals surface area (Å²) in [5.41, 5.74) is 11.5. The highest BCUT2D eigenvalue weighted by Crippen LogP contribution is 2.42. The zero-order valence-corrected chi connectivity index (χ0v) is 26.7. The van der Waals surface area contributed by atoms with Gasteiger partial charge in [0.15, 0.2) is 5.69 Å². The number of para-hydroxylation sites is 3. The molecule has 0 radical (unpaired) electrons. The van der Waals surface area contributed by atoms with Crippen molar-refractivity contribution in [2.45, 2.75) is 0 Å². The Morgan fingerprint density at radius 3 is 1.96 bits per heavy atom. The second kappa shape index (κ2) is 11.4. The average Bonchev–Trinajstić information content (AvgIpc) is 3.70. The summed E-state index contributed by atoms with van der Waals surface area (Å²) in [5, 5.41) is 24.1. The van der Waals surface area contributed by atoms with E-state index in [4.69, 9.17) is 6.57 Å². The molecule has 0 aliphatic rings. The van der Waals surface area contributed by atoms with Gasteiger partial charge in [0.2, 0.25) is 0 Å². The first-order valence-electron chi connectivity index (χ1n) is 16.3. The van der Waals surface area contributed by atoms with E-state index in [9.17, 15) is 10.5 Å². The Bertz CT molecular complexity index is 2970. The van der Waals surface area contributed by atoms with E-state index in [-0.39, 0.29) is 0 Å². The fourth-order valence-corrected chi connectivity index (χ4v) is 7.46. The van der Waals surface area contributed by atoms with Crippen molar-refractivity contribution in [2.75, 3.05) is 0 Å². The molecular weight excluding hydrogens is 611 g/mol. The van der Waals surface area contributed by atoms with Crippen molar-refractivity contribution in [1.82, 2.24) is 9.13 Å². The number of rotatable bonds is 4. The molecule has 0 amide bonds. The summed E-state index contributed by atoms with van der Waals surface area (Å²) in [4.78, 5) is 3.81. The molecule has 9 rings (SSSR count). The number of hydrogen-bond acceptors (Lipinski definition) is 2. The van der Waals surface area contributed by atoms with Gasteiger partial charge in [0, 0.05) is 38.5 Å². The first-order chi connectivity index (χ1) is 24.7. The van der Waals surface area contributed by atoms with Gasteiger partial charge < -0.3 is 9.13 Å². The average molecular weight is 636 g/mol. The van der Waals surface area contributed by atoms with Crippen molar-refractivity contribution < 1.29 is 0 Å². The van der Waals surface area contributed by atoms with Gasteiger partial charge in [0.1, 0.15) is 6.07 Å². The molecular formula is C45H25N5. The van der Waals surface area contributed by atoms with Crippen molar-refractivity contribution in [3.05, 3.63) is 174 Å². The zero-order valence-electron chi connectivity index (χ0n) is 26.7. The number of aromatic nitrogens is 2. The van der Waals surface area contributed by atoms with Crippen LogP contribution in [0.15, 0.2) is 152 Å². The highest BCUT2D eigenvalue weighted by molar-refractivity contribution is 6.12. The maximum atomic E-state index is 10.2. The van der Waals surface area contributed by atoms with Gasteiger partial charge in [-0.25, -0.2) is 4.85 Å². The Morgan fingerprint density at radius 1 is 0.500 bits per heavy atom. The minimum absolute atomic E-state index is 0.523.